The van der Waals surface area contributed by atoms with Gasteiger partial charge in [-0.05, 0) is 56.3 Å². The molecule has 0 aliphatic carbocycles. The lowest BCUT2D eigenvalue weighted by Crippen LogP contribution is -2.45. The van der Waals surface area contributed by atoms with Crippen LogP contribution in [-0.2, 0) is 6.18 Å². The van der Waals surface area contributed by atoms with Crippen molar-refractivity contribution in [2.75, 3.05) is 26.8 Å². The highest BCUT2D eigenvalue weighted by Crippen LogP contribution is 2.34. The molecule has 1 aromatic heterocycles. The number of benzene rings is 2. The zero-order valence-corrected chi connectivity index (χ0v) is 17.9. The number of aromatic amines is 1. The smallest absolute Gasteiger partial charge is 0.416 e. The lowest BCUT2D eigenvalue weighted by molar-refractivity contribution is -0.137. The molecule has 1 fully saturated rings. The van der Waals surface area contributed by atoms with Gasteiger partial charge in [-0.15, -0.1) is 0 Å². The summed E-state index contributed by atoms with van der Waals surface area (Å²) in [6, 6.07) is 8.33. The molecule has 2 aliphatic heterocycles. The molecule has 1 amide bonds. The van der Waals surface area contributed by atoms with Gasteiger partial charge in [-0.2, -0.15) is 13.2 Å². The van der Waals surface area contributed by atoms with Crippen LogP contribution in [-0.4, -0.2) is 53.6 Å². The van der Waals surface area contributed by atoms with E-state index < -0.39 is 11.7 Å². The Bertz CT molecular complexity index is 1190. The van der Waals surface area contributed by atoms with Gasteiger partial charge >= 0.3 is 6.18 Å². The van der Waals surface area contributed by atoms with Crippen molar-refractivity contribution in [3.05, 3.63) is 53.3 Å². The number of alkyl halides is 3. The van der Waals surface area contributed by atoms with E-state index in [9.17, 15) is 18.0 Å². The molecule has 174 valence electrons. The van der Waals surface area contributed by atoms with Crippen LogP contribution in [0.4, 0.5) is 13.2 Å². The van der Waals surface area contributed by atoms with E-state index in [-0.39, 0.29) is 18.0 Å². The summed E-state index contributed by atoms with van der Waals surface area (Å²) in [5.74, 6) is 1.55. The molecule has 3 aromatic rings. The molecule has 0 spiro atoms. The second kappa shape index (κ2) is 8.26. The highest BCUT2D eigenvalue weighted by Gasteiger charge is 2.33. The van der Waals surface area contributed by atoms with Crippen molar-refractivity contribution in [2.24, 2.45) is 0 Å². The third-order valence-electron chi connectivity index (χ3n) is 6.15. The number of carbonyl (C=O) groups excluding carboxylic acids is 1. The number of nitrogens with one attached hydrogen (secondary N) is 2. The monoisotopic (exact) mass is 460 g/mol. The molecular weight excluding hydrogens is 437 g/mol. The normalized spacial score (nSPS) is 21.2. The number of likely N-dealkylation sites (tertiary alicyclic amines) is 1. The van der Waals surface area contributed by atoms with Crippen molar-refractivity contribution >= 4 is 16.9 Å². The summed E-state index contributed by atoms with van der Waals surface area (Å²) in [4.78, 5) is 22.5. The van der Waals surface area contributed by atoms with Crippen LogP contribution in [0, 0.1) is 0 Å². The Kier molecular flexibility index (Phi) is 5.40. The van der Waals surface area contributed by atoms with Gasteiger partial charge in [-0.1, -0.05) is 0 Å². The Hall–Kier alpha value is -3.27. The summed E-state index contributed by atoms with van der Waals surface area (Å²) < 4.78 is 50.2. The fourth-order valence-corrected chi connectivity index (χ4v) is 4.35. The molecule has 33 heavy (non-hydrogen) atoms. The van der Waals surface area contributed by atoms with Crippen LogP contribution in [0.3, 0.4) is 0 Å². The zero-order chi connectivity index (χ0) is 23.2. The number of aromatic nitrogens is 2. The van der Waals surface area contributed by atoms with Gasteiger partial charge in [-0.25, -0.2) is 4.98 Å². The van der Waals surface area contributed by atoms with Crippen LogP contribution < -0.4 is 14.8 Å². The summed E-state index contributed by atoms with van der Waals surface area (Å²) in [5.41, 5.74) is 0.592. The Balaban J connectivity index is 1.32. The first kappa shape index (κ1) is 21.6. The molecular formula is C23H23F3N4O3. The van der Waals surface area contributed by atoms with Crippen molar-refractivity contribution in [3.63, 3.8) is 0 Å². The molecule has 2 aliphatic rings. The first-order valence-electron chi connectivity index (χ1n) is 10.8. The minimum atomic E-state index is -4.41. The third-order valence-corrected chi connectivity index (χ3v) is 6.15. The van der Waals surface area contributed by atoms with Crippen LogP contribution in [0.2, 0.25) is 0 Å². The maximum atomic E-state index is 13.0. The Morgan fingerprint density at radius 1 is 1.15 bits per heavy atom. The van der Waals surface area contributed by atoms with Crippen molar-refractivity contribution in [2.45, 2.75) is 31.1 Å². The topological polar surface area (TPSA) is 79.5 Å². The van der Waals surface area contributed by atoms with Crippen LogP contribution >= 0.6 is 0 Å². The van der Waals surface area contributed by atoms with E-state index in [2.05, 4.69) is 20.2 Å². The second-order valence-corrected chi connectivity index (χ2v) is 8.40. The van der Waals surface area contributed by atoms with Gasteiger partial charge in [-0.3, -0.25) is 9.69 Å². The maximum absolute atomic E-state index is 13.0. The SMILES string of the molecule is CN1CCC(NC(=O)c2ccc3c(c2)OCCO3)CC1c1nc2ccc(C(F)(F)F)cc2[nH]1. The average Bonchev–Trinajstić information content (AvgIpc) is 3.22. The molecule has 10 heteroatoms. The molecule has 3 heterocycles. The van der Waals surface area contributed by atoms with E-state index in [0.717, 1.165) is 18.6 Å². The number of ether oxygens (including phenoxy) is 2. The summed E-state index contributed by atoms with van der Waals surface area (Å²) in [5, 5.41) is 3.07. The second-order valence-electron chi connectivity index (χ2n) is 8.40. The van der Waals surface area contributed by atoms with Gasteiger partial charge in [0.05, 0.1) is 22.6 Å². The number of H-pyrrole nitrogens is 1. The first-order chi connectivity index (χ1) is 15.8. The molecule has 2 N–H and O–H groups in total. The third kappa shape index (κ3) is 4.35. The molecule has 7 nitrogen and oxygen atoms in total. The summed E-state index contributed by atoms with van der Waals surface area (Å²) in [7, 11) is 1.94. The van der Waals surface area contributed by atoms with Crippen LogP contribution in [0.1, 0.15) is 40.6 Å². The largest absolute Gasteiger partial charge is 0.486 e. The number of halogens is 3. The number of hydrogen-bond donors (Lipinski definition) is 2. The van der Waals surface area contributed by atoms with Crippen molar-refractivity contribution in [1.29, 1.82) is 0 Å². The maximum Gasteiger partial charge on any atom is 0.416 e. The van der Waals surface area contributed by atoms with Gasteiger partial charge in [0.15, 0.2) is 11.5 Å². The van der Waals surface area contributed by atoms with E-state index in [4.69, 9.17) is 9.47 Å². The lowest BCUT2D eigenvalue weighted by Gasteiger charge is -2.36. The summed E-state index contributed by atoms with van der Waals surface area (Å²) >= 11 is 0. The van der Waals surface area contributed by atoms with Gasteiger partial charge in [0.2, 0.25) is 0 Å². The highest BCUT2D eigenvalue weighted by atomic mass is 19.4. The number of imidazole rings is 1. The molecule has 2 atom stereocenters. The number of rotatable bonds is 3. The van der Waals surface area contributed by atoms with Crippen molar-refractivity contribution in [1.82, 2.24) is 20.2 Å². The average molecular weight is 460 g/mol. The summed E-state index contributed by atoms with van der Waals surface area (Å²) in [6.45, 7) is 1.63. The standard InChI is InChI=1S/C23H23F3N4O3/c1-30-7-6-15(27-22(31)13-2-5-19-20(10-13)33-9-8-32-19)12-18(30)21-28-16-4-3-14(23(24,25)26)11-17(16)29-21/h2-5,10-11,15,18H,6-9,12H2,1H3,(H,27,31)(H,28,29). The van der Waals surface area contributed by atoms with E-state index in [1.165, 1.54) is 6.07 Å². The quantitative estimate of drug-likeness (QED) is 0.620. The number of piperidine rings is 1. The predicted octanol–water partition coefficient (Wildman–Crippen LogP) is 3.92. The van der Waals surface area contributed by atoms with Crippen LogP contribution in [0.15, 0.2) is 36.4 Å². The van der Waals surface area contributed by atoms with Gasteiger partial charge in [0.1, 0.15) is 19.0 Å². The molecule has 0 bridgehead atoms. The van der Waals surface area contributed by atoms with Crippen LogP contribution in [0.5, 0.6) is 11.5 Å². The highest BCUT2D eigenvalue weighted by molar-refractivity contribution is 5.95. The lowest BCUT2D eigenvalue weighted by atomic mass is 9.96. The Labute approximate surface area is 187 Å². The van der Waals surface area contributed by atoms with Crippen molar-refractivity contribution in [3.8, 4) is 11.5 Å². The predicted molar refractivity (Wildman–Crippen MR) is 114 cm³/mol. The van der Waals surface area contributed by atoms with E-state index >= 15 is 0 Å². The van der Waals surface area contributed by atoms with Gasteiger partial charge < -0.3 is 19.8 Å². The first-order valence-corrected chi connectivity index (χ1v) is 10.8. The fourth-order valence-electron chi connectivity index (χ4n) is 4.35. The van der Waals surface area contributed by atoms with Gasteiger partial charge in [0.25, 0.3) is 5.91 Å². The van der Waals surface area contributed by atoms with E-state index in [0.29, 0.717) is 60.1 Å². The van der Waals surface area contributed by atoms with E-state index in [1.807, 2.05) is 7.05 Å². The van der Waals surface area contributed by atoms with Gasteiger partial charge in [0, 0.05) is 18.2 Å². The number of carbonyl (C=O) groups is 1. The molecule has 0 radical (unpaired) electrons. The molecule has 5 rings (SSSR count). The molecule has 1 saturated heterocycles. The van der Waals surface area contributed by atoms with E-state index in [1.54, 1.807) is 18.2 Å². The number of amides is 1. The summed E-state index contributed by atoms with van der Waals surface area (Å²) in [6.07, 6.45) is -3.08. The minimum Gasteiger partial charge on any atom is -0.486 e. The minimum absolute atomic E-state index is 0.106. The Morgan fingerprint density at radius 3 is 2.73 bits per heavy atom. The molecule has 2 aromatic carbocycles. The van der Waals surface area contributed by atoms with Crippen molar-refractivity contribution < 1.29 is 27.4 Å². The number of hydrogen-bond acceptors (Lipinski definition) is 5. The Morgan fingerprint density at radius 2 is 1.94 bits per heavy atom. The zero-order valence-electron chi connectivity index (χ0n) is 17.9. The molecule has 0 saturated carbocycles. The fraction of sp³-hybridized carbons (Fsp3) is 0.391. The number of fused-ring (bicyclic) bond motifs is 2. The van der Waals surface area contributed by atoms with Crippen LogP contribution in [0.25, 0.3) is 11.0 Å². The number of nitrogens with zero attached hydrogens (tertiary/aromatic N) is 2. The molecule has 2 unspecified atom stereocenters.